The first kappa shape index (κ1) is 19.6. The molecule has 23 heavy (non-hydrogen) atoms. The number of carbonyl (C=O) groups is 2. The maximum absolute atomic E-state index is 12.6. The molecule has 0 aliphatic rings. The highest BCUT2D eigenvalue weighted by atomic mass is 31.2. The predicted molar refractivity (Wildman–Crippen MR) is 88.5 cm³/mol. The van der Waals surface area contributed by atoms with Crippen LogP contribution in [-0.4, -0.2) is 31.7 Å². The molecule has 0 bridgehead atoms. The number of hydrogen-bond donors (Lipinski definition) is 1. The Labute approximate surface area is 137 Å². The zero-order chi connectivity index (χ0) is 17.3. The van der Waals surface area contributed by atoms with Crippen LogP contribution in [0, 0.1) is 0 Å². The predicted octanol–water partition coefficient (Wildman–Crippen LogP) is 3.38. The third kappa shape index (κ3) is 5.57. The molecule has 0 saturated heterocycles. The Morgan fingerprint density at radius 3 is 2.26 bits per heavy atom. The molecule has 1 rings (SSSR count). The quantitative estimate of drug-likeness (QED) is 0.521. The van der Waals surface area contributed by atoms with Gasteiger partial charge in [0.25, 0.3) is 5.91 Å². The number of amides is 1. The van der Waals surface area contributed by atoms with Crippen LogP contribution < -0.4 is 5.32 Å². The van der Waals surface area contributed by atoms with E-state index in [0.717, 1.165) is 12.8 Å². The largest absolute Gasteiger partial charge is 0.359 e. The van der Waals surface area contributed by atoms with Gasteiger partial charge in [-0.3, -0.25) is 14.2 Å². The summed E-state index contributed by atoms with van der Waals surface area (Å²) in [6, 6.07) is 8.41. The smallest absolute Gasteiger partial charge is 0.332 e. The van der Waals surface area contributed by atoms with Crippen LogP contribution in [0.1, 0.15) is 43.0 Å². The van der Waals surface area contributed by atoms with E-state index in [1.165, 1.54) is 14.2 Å². The Kier molecular flexibility index (Phi) is 8.17. The minimum atomic E-state index is -3.75. The van der Waals surface area contributed by atoms with Gasteiger partial charge in [0.05, 0.1) is 0 Å². The first-order valence-electron chi connectivity index (χ1n) is 7.58. The summed E-state index contributed by atoms with van der Waals surface area (Å²) in [5, 5.41) is 2.50. The summed E-state index contributed by atoms with van der Waals surface area (Å²) in [5.41, 5.74) is 0.373. The van der Waals surface area contributed by atoms with Gasteiger partial charge in [0.1, 0.15) is 0 Å². The molecule has 1 unspecified atom stereocenters. The number of unbranched alkanes of at least 4 members (excludes halogenated alkanes) is 2. The van der Waals surface area contributed by atoms with Crippen molar-refractivity contribution in [3.05, 3.63) is 35.9 Å². The summed E-state index contributed by atoms with van der Waals surface area (Å²) in [5.74, 6) is -2.15. The molecular formula is C16H24NO5P. The molecular weight excluding hydrogens is 317 g/mol. The van der Waals surface area contributed by atoms with Gasteiger partial charge in [0.2, 0.25) is 0 Å². The fraction of sp³-hybridized carbons (Fsp3) is 0.500. The molecule has 1 atom stereocenters. The standard InChI is InChI=1S/C16H24NO5P/c1-4-5-7-12-14(18)16(23(20,21-2)22-3)17-15(19)13-10-8-6-9-11-13/h6,8-11,16H,4-5,7,12H2,1-3H3,(H,17,19). The lowest BCUT2D eigenvalue weighted by Crippen LogP contribution is -2.41. The molecule has 1 aromatic rings. The Hall–Kier alpha value is -1.49. The first-order valence-corrected chi connectivity index (χ1v) is 9.19. The van der Waals surface area contributed by atoms with E-state index in [4.69, 9.17) is 9.05 Å². The highest BCUT2D eigenvalue weighted by Gasteiger charge is 2.40. The fourth-order valence-corrected chi connectivity index (χ4v) is 3.43. The van der Waals surface area contributed by atoms with Crippen molar-refractivity contribution in [3.63, 3.8) is 0 Å². The van der Waals surface area contributed by atoms with E-state index < -0.39 is 19.3 Å². The second kappa shape index (κ2) is 9.60. The average Bonchev–Trinajstić information content (AvgIpc) is 2.59. The van der Waals surface area contributed by atoms with Crippen LogP contribution in [0.25, 0.3) is 0 Å². The average molecular weight is 341 g/mol. The van der Waals surface area contributed by atoms with E-state index in [1.807, 2.05) is 6.92 Å². The number of benzene rings is 1. The van der Waals surface area contributed by atoms with Gasteiger partial charge in [-0.25, -0.2) is 0 Å². The molecule has 0 saturated carbocycles. The van der Waals surface area contributed by atoms with Gasteiger partial charge in [-0.05, 0) is 18.6 Å². The number of carbonyl (C=O) groups excluding carboxylic acids is 2. The minimum Gasteiger partial charge on any atom is -0.332 e. The highest BCUT2D eigenvalue weighted by molar-refractivity contribution is 7.55. The molecule has 0 radical (unpaired) electrons. The molecule has 7 heteroatoms. The Bertz CT molecular complexity index is 553. The number of Topliss-reactive ketones (excluding diaryl/α,β-unsaturated/α-hetero) is 1. The zero-order valence-electron chi connectivity index (χ0n) is 13.8. The van der Waals surface area contributed by atoms with Gasteiger partial charge in [-0.15, -0.1) is 0 Å². The van der Waals surface area contributed by atoms with Gasteiger partial charge in [-0.1, -0.05) is 38.0 Å². The first-order chi connectivity index (χ1) is 11.0. The summed E-state index contributed by atoms with van der Waals surface area (Å²) in [4.78, 5) is 24.7. The van der Waals surface area contributed by atoms with Crippen molar-refractivity contribution in [1.82, 2.24) is 5.32 Å². The summed E-state index contributed by atoms with van der Waals surface area (Å²) in [6.07, 6.45) is 2.72. The van der Waals surface area contributed by atoms with E-state index in [2.05, 4.69) is 5.32 Å². The van der Waals surface area contributed by atoms with E-state index >= 15 is 0 Å². The summed E-state index contributed by atoms with van der Waals surface area (Å²) in [6.45, 7) is 2.02. The van der Waals surface area contributed by atoms with E-state index in [1.54, 1.807) is 30.3 Å². The number of hydrogen-bond acceptors (Lipinski definition) is 5. The minimum absolute atomic E-state index is 0.213. The van der Waals surface area contributed by atoms with Crippen molar-refractivity contribution < 1.29 is 23.2 Å². The molecule has 128 valence electrons. The third-order valence-electron chi connectivity index (χ3n) is 3.46. The highest BCUT2D eigenvalue weighted by Crippen LogP contribution is 2.51. The number of ketones is 1. The summed E-state index contributed by atoms with van der Waals surface area (Å²) >= 11 is 0. The lowest BCUT2D eigenvalue weighted by atomic mass is 10.1. The van der Waals surface area contributed by atoms with Crippen LogP contribution in [0.2, 0.25) is 0 Å². The van der Waals surface area contributed by atoms with Crippen LogP contribution in [-0.2, 0) is 18.4 Å². The van der Waals surface area contributed by atoms with Crippen molar-refractivity contribution >= 4 is 19.3 Å². The summed E-state index contributed by atoms with van der Waals surface area (Å²) in [7, 11) is -1.35. The fourth-order valence-electron chi connectivity index (χ4n) is 2.10. The van der Waals surface area contributed by atoms with Crippen molar-refractivity contribution in [1.29, 1.82) is 0 Å². The van der Waals surface area contributed by atoms with E-state index in [-0.39, 0.29) is 12.2 Å². The SMILES string of the molecule is CCCCCC(=O)C(NC(=O)c1ccccc1)P(=O)(OC)OC. The molecule has 0 aromatic heterocycles. The van der Waals surface area contributed by atoms with E-state index in [9.17, 15) is 14.2 Å². The lowest BCUT2D eigenvalue weighted by Gasteiger charge is -2.24. The topological polar surface area (TPSA) is 81.7 Å². The maximum atomic E-state index is 12.6. The Morgan fingerprint density at radius 2 is 1.74 bits per heavy atom. The number of nitrogens with one attached hydrogen (secondary N) is 1. The lowest BCUT2D eigenvalue weighted by molar-refractivity contribution is -0.119. The molecule has 0 spiro atoms. The molecule has 0 aliphatic carbocycles. The van der Waals surface area contributed by atoms with Crippen LogP contribution in [0.3, 0.4) is 0 Å². The van der Waals surface area contributed by atoms with Crippen LogP contribution in [0.4, 0.5) is 0 Å². The molecule has 0 heterocycles. The molecule has 1 aromatic carbocycles. The summed E-state index contributed by atoms with van der Waals surface area (Å²) < 4.78 is 22.4. The van der Waals surface area contributed by atoms with E-state index in [0.29, 0.717) is 12.0 Å². The second-order valence-corrected chi connectivity index (χ2v) is 7.40. The van der Waals surface area contributed by atoms with Gasteiger partial charge >= 0.3 is 7.60 Å². The monoisotopic (exact) mass is 341 g/mol. The van der Waals surface area contributed by atoms with Crippen LogP contribution >= 0.6 is 7.60 Å². The normalized spacial score (nSPS) is 12.7. The van der Waals surface area contributed by atoms with Crippen molar-refractivity contribution in [3.8, 4) is 0 Å². The molecule has 0 fully saturated rings. The molecule has 1 amide bonds. The maximum Gasteiger partial charge on any atom is 0.359 e. The van der Waals surface area contributed by atoms with Gasteiger partial charge in [-0.2, -0.15) is 0 Å². The molecule has 6 nitrogen and oxygen atoms in total. The Balaban J connectivity index is 2.93. The van der Waals surface area contributed by atoms with Gasteiger partial charge < -0.3 is 14.4 Å². The second-order valence-electron chi connectivity index (χ2n) is 5.07. The third-order valence-corrected chi connectivity index (χ3v) is 5.53. The van der Waals surface area contributed by atoms with Crippen LogP contribution in [0.5, 0.6) is 0 Å². The van der Waals surface area contributed by atoms with Crippen molar-refractivity contribution in [2.24, 2.45) is 0 Å². The zero-order valence-corrected chi connectivity index (χ0v) is 14.7. The Morgan fingerprint density at radius 1 is 1.13 bits per heavy atom. The van der Waals surface area contributed by atoms with Gasteiger partial charge in [0.15, 0.2) is 11.6 Å². The number of rotatable bonds is 10. The van der Waals surface area contributed by atoms with Crippen LogP contribution in [0.15, 0.2) is 30.3 Å². The molecule has 1 N–H and O–H groups in total. The van der Waals surface area contributed by atoms with Gasteiger partial charge in [0, 0.05) is 26.2 Å². The molecule has 0 aliphatic heterocycles. The van der Waals surface area contributed by atoms with Crippen molar-refractivity contribution in [2.75, 3.05) is 14.2 Å². The van der Waals surface area contributed by atoms with Crippen molar-refractivity contribution in [2.45, 2.75) is 38.4 Å².